The lowest BCUT2D eigenvalue weighted by Crippen LogP contribution is -2.02. The fourth-order valence-electron chi connectivity index (χ4n) is 1.81. The number of aromatic nitrogens is 2. The van der Waals surface area contributed by atoms with Crippen molar-refractivity contribution in [1.29, 1.82) is 0 Å². The zero-order valence-electron chi connectivity index (χ0n) is 10.5. The van der Waals surface area contributed by atoms with Crippen LogP contribution >= 0.6 is 0 Å². The van der Waals surface area contributed by atoms with E-state index in [1.54, 1.807) is 11.8 Å². The number of rotatable bonds is 6. The van der Waals surface area contributed by atoms with Gasteiger partial charge >= 0.3 is 0 Å². The number of para-hydroxylation sites is 1. The molecule has 1 aromatic carbocycles. The van der Waals surface area contributed by atoms with E-state index >= 15 is 0 Å². The van der Waals surface area contributed by atoms with E-state index in [0.29, 0.717) is 18.7 Å². The summed E-state index contributed by atoms with van der Waals surface area (Å²) < 4.78 is 6.74. The van der Waals surface area contributed by atoms with Gasteiger partial charge in [-0.25, -0.2) is 4.68 Å². The maximum atomic E-state index is 9.98. The molecule has 0 aliphatic heterocycles. The smallest absolute Gasteiger partial charge is 0.0979 e. The molecule has 4 nitrogen and oxygen atoms in total. The number of methoxy groups -OCH3 is 1. The first-order chi connectivity index (χ1) is 8.81. The van der Waals surface area contributed by atoms with Crippen molar-refractivity contribution in [2.45, 2.75) is 18.9 Å². The molecule has 1 atom stereocenters. The van der Waals surface area contributed by atoms with Crippen molar-refractivity contribution < 1.29 is 9.84 Å². The van der Waals surface area contributed by atoms with Gasteiger partial charge in [-0.05, 0) is 31.0 Å². The van der Waals surface area contributed by atoms with Gasteiger partial charge in [0, 0.05) is 19.9 Å². The Balaban J connectivity index is 2.02. The van der Waals surface area contributed by atoms with E-state index < -0.39 is 6.10 Å². The van der Waals surface area contributed by atoms with Gasteiger partial charge in [0.1, 0.15) is 0 Å². The van der Waals surface area contributed by atoms with Crippen LogP contribution in [0.1, 0.15) is 24.6 Å². The first-order valence-corrected chi connectivity index (χ1v) is 6.09. The molecular formula is C14H18N2O2. The minimum Gasteiger partial charge on any atom is -0.387 e. The Morgan fingerprint density at radius 2 is 2.06 bits per heavy atom. The fourth-order valence-corrected chi connectivity index (χ4v) is 1.81. The first kappa shape index (κ1) is 12.8. The lowest BCUT2D eigenvalue weighted by atomic mass is 10.1. The van der Waals surface area contributed by atoms with Crippen molar-refractivity contribution in [2.24, 2.45) is 0 Å². The Bertz CT molecular complexity index is 468. The summed E-state index contributed by atoms with van der Waals surface area (Å²) in [5.41, 5.74) is 1.70. The highest BCUT2D eigenvalue weighted by molar-refractivity contribution is 5.30. The number of benzene rings is 1. The summed E-state index contributed by atoms with van der Waals surface area (Å²) in [6.07, 6.45) is 2.84. The molecule has 2 aromatic rings. The highest BCUT2D eigenvalue weighted by Gasteiger charge is 2.10. The lowest BCUT2D eigenvalue weighted by Gasteiger charge is -2.07. The summed E-state index contributed by atoms with van der Waals surface area (Å²) in [4.78, 5) is 0. The van der Waals surface area contributed by atoms with Crippen LogP contribution in [0.2, 0.25) is 0 Å². The van der Waals surface area contributed by atoms with Crippen LogP contribution in [0.5, 0.6) is 0 Å². The molecular weight excluding hydrogens is 228 g/mol. The summed E-state index contributed by atoms with van der Waals surface area (Å²) in [6.45, 7) is 0.663. The van der Waals surface area contributed by atoms with Gasteiger partial charge < -0.3 is 9.84 Å². The third kappa shape index (κ3) is 3.18. The third-order valence-electron chi connectivity index (χ3n) is 2.80. The molecule has 0 fully saturated rings. The molecule has 0 spiro atoms. The van der Waals surface area contributed by atoms with Crippen molar-refractivity contribution in [1.82, 2.24) is 9.78 Å². The largest absolute Gasteiger partial charge is 0.387 e. The van der Waals surface area contributed by atoms with Crippen molar-refractivity contribution in [3.63, 3.8) is 0 Å². The Morgan fingerprint density at radius 3 is 2.78 bits per heavy atom. The second kappa shape index (κ2) is 6.33. The van der Waals surface area contributed by atoms with Gasteiger partial charge in [-0.2, -0.15) is 5.10 Å². The summed E-state index contributed by atoms with van der Waals surface area (Å²) >= 11 is 0. The van der Waals surface area contributed by atoms with Crippen LogP contribution in [0.15, 0.2) is 42.6 Å². The van der Waals surface area contributed by atoms with Crippen molar-refractivity contribution in [3.8, 4) is 5.69 Å². The van der Waals surface area contributed by atoms with Crippen LogP contribution in [0.25, 0.3) is 5.69 Å². The maximum absolute atomic E-state index is 9.98. The Morgan fingerprint density at radius 1 is 1.28 bits per heavy atom. The minimum absolute atomic E-state index is 0.523. The maximum Gasteiger partial charge on any atom is 0.0979 e. The van der Waals surface area contributed by atoms with Crippen LogP contribution in [-0.2, 0) is 4.74 Å². The van der Waals surface area contributed by atoms with Gasteiger partial charge in [-0.3, -0.25) is 0 Å². The standard InChI is InChI=1S/C14H18N2O2/c1-18-11-5-8-14(17)13-9-10-16(15-13)12-6-3-2-4-7-12/h2-4,6-7,9-10,14,17H,5,8,11H2,1H3. The number of aliphatic hydroxyl groups excluding tert-OH is 1. The number of hydrogen-bond donors (Lipinski definition) is 1. The third-order valence-corrected chi connectivity index (χ3v) is 2.80. The molecule has 1 aromatic heterocycles. The molecule has 0 aliphatic carbocycles. The van der Waals surface area contributed by atoms with Gasteiger partial charge in [-0.1, -0.05) is 18.2 Å². The normalized spacial score (nSPS) is 12.6. The van der Waals surface area contributed by atoms with Crippen LogP contribution in [0.3, 0.4) is 0 Å². The Labute approximate surface area is 107 Å². The highest BCUT2D eigenvalue weighted by Crippen LogP contribution is 2.17. The van der Waals surface area contributed by atoms with Gasteiger partial charge in [-0.15, -0.1) is 0 Å². The van der Waals surface area contributed by atoms with E-state index in [1.807, 2.05) is 42.6 Å². The van der Waals surface area contributed by atoms with Crippen molar-refractivity contribution in [3.05, 3.63) is 48.3 Å². The van der Waals surface area contributed by atoms with Crippen LogP contribution in [0, 0.1) is 0 Å². The zero-order valence-corrected chi connectivity index (χ0v) is 10.5. The molecule has 0 radical (unpaired) electrons. The summed E-state index contributed by atoms with van der Waals surface area (Å²) in [6, 6.07) is 11.7. The average molecular weight is 246 g/mol. The highest BCUT2D eigenvalue weighted by atomic mass is 16.5. The molecule has 1 heterocycles. The second-order valence-corrected chi connectivity index (χ2v) is 4.17. The number of ether oxygens (including phenoxy) is 1. The van der Waals surface area contributed by atoms with Crippen molar-refractivity contribution in [2.75, 3.05) is 13.7 Å². The quantitative estimate of drug-likeness (QED) is 0.796. The SMILES string of the molecule is COCCCC(O)c1ccn(-c2ccccc2)n1. The first-order valence-electron chi connectivity index (χ1n) is 6.09. The van der Waals surface area contributed by atoms with Gasteiger partial charge in [0.15, 0.2) is 0 Å². The van der Waals surface area contributed by atoms with Gasteiger partial charge in [0.25, 0.3) is 0 Å². The lowest BCUT2D eigenvalue weighted by molar-refractivity contribution is 0.133. The van der Waals surface area contributed by atoms with E-state index in [4.69, 9.17) is 4.74 Å². The van der Waals surface area contributed by atoms with E-state index in [0.717, 1.165) is 12.1 Å². The second-order valence-electron chi connectivity index (χ2n) is 4.17. The van der Waals surface area contributed by atoms with E-state index in [2.05, 4.69) is 5.10 Å². The summed E-state index contributed by atoms with van der Waals surface area (Å²) in [5.74, 6) is 0. The number of nitrogens with zero attached hydrogens (tertiary/aromatic N) is 2. The molecule has 96 valence electrons. The molecule has 2 rings (SSSR count). The molecule has 0 aliphatic rings. The molecule has 0 saturated carbocycles. The Hall–Kier alpha value is -1.65. The van der Waals surface area contributed by atoms with Crippen LogP contribution in [0.4, 0.5) is 0 Å². The average Bonchev–Trinajstić information content (AvgIpc) is 2.89. The molecule has 18 heavy (non-hydrogen) atoms. The summed E-state index contributed by atoms with van der Waals surface area (Å²) in [7, 11) is 1.66. The molecule has 1 N–H and O–H groups in total. The van der Waals surface area contributed by atoms with Crippen molar-refractivity contribution >= 4 is 0 Å². The minimum atomic E-state index is -0.523. The van der Waals surface area contributed by atoms with E-state index in [-0.39, 0.29) is 0 Å². The van der Waals surface area contributed by atoms with E-state index in [1.165, 1.54) is 0 Å². The van der Waals surface area contributed by atoms with Crippen LogP contribution in [-0.4, -0.2) is 28.6 Å². The predicted octanol–water partition coefficient (Wildman–Crippen LogP) is 2.33. The van der Waals surface area contributed by atoms with E-state index in [9.17, 15) is 5.11 Å². The monoisotopic (exact) mass is 246 g/mol. The summed E-state index contributed by atoms with van der Waals surface area (Å²) in [5, 5.41) is 14.4. The molecule has 0 saturated heterocycles. The molecule has 0 amide bonds. The van der Waals surface area contributed by atoms with Crippen LogP contribution < -0.4 is 0 Å². The topological polar surface area (TPSA) is 47.3 Å². The zero-order chi connectivity index (χ0) is 12.8. The number of hydrogen-bond acceptors (Lipinski definition) is 3. The molecule has 0 bridgehead atoms. The Kier molecular flexibility index (Phi) is 4.50. The van der Waals surface area contributed by atoms with Gasteiger partial charge in [0.05, 0.1) is 17.5 Å². The number of aliphatic hydroxyl groups is 1. The van der Waals surface area contributed by atoms with Gasteiger partial charge in [0.2, 0.25) is 0 Å². The predicted molar refractivity (Wildman–Crippen MR) is 69.6 cm³/mol. The fraction of sp³-hybridized carbons (Fsp3) is 0.357. The molecule has 1 unspecified atom stereocenters. The molecule has 4 heteroatoms.